The molecule has 0 radical (unpaired) electrons. The molecule has 6 heavy (non-hydrogen) atoms. The highest BCUT2D eigenvalue weighted by Gasteiger charge is 1.71. The minimum absolute atomic E-state index is 0.337. The van der Waals surface area contributed by atoms with Gasteiger partial charge in [0.2, 0.25) is 0 Å². The lowest BCUT2D eigenvalue weighted by Crippen LogP contribution is -2.11. The number of nitrogens with one attached hydrogen (secondary N) is 1. The second kappa shape index (κ2) is 4.82. The van der Waals surface area contributed by atoms with E-state index >= 15 is 0 Å². The topological polar surface area (TPSA) is 12.0 Å². The summed E-state index contributed by atoms with van der Waals surface area (Å²) in [7, 11) is 0. The molecular weight excluding hydrogens is 101 g/mol. The van der Waals surface area contributed by atoms with Crippen LogP contribution in [0.1, 0.15) is 0 Å². The fraction of sp³-hybridized carbons (Fsp3) is 0.667. The Kier molecular flexibility index (Phi) is 4.68. The van der Waals surface area contributed by atoms with E-state index in [4.69, 9.17) is 0 Å². The van der Waals surface area contributed by atoms with Gasteiger partial charge in [0.1, 0.15) is 6.67 Å². The Labute approximate surface area is 41.5 Å². The van der Waals surface area contributed by atoms with Gasteiger partial charge in [0.25, 0.3) is 0 Å². The average Bonchev–Trinajstić information content (AvgIpc) is 1.61. The van der Waals surface area contributed by atoms with Gasteiger partial charge in [0, 0.05) is 6.54 Å². The molecule has 0 aromatic heterocycles. The second-order valence-electron chi connectivity index (χ2n) is 0.761. The molecule has 0 aliphatic rings. The van der Waals surface area contributed by atoms with Crippen LogP contribution in [0.5, 0.6) is 0 Å². The second-order valence-corrected chi connectivity index (χ2v) is 0.997. The molecule has 0 amide bonds. The van der Waals surface area contributed by atoms with Crippen LogP contribution >= 0.6 is 12.2 Å². The van der Waals surface area contributed by atoms with Gasteiger partial charge in [-0.15, -0.1) is 0 Å². The third kappa shape index (κ3) is 3.82. The van der Waals surface area contributed by atoms with E-state index in [9.17, 15) is 4.39 Å². The van der Waals surface area contributed by atoms with Crippen molar-refractivity contribution in [1.29, 1.82) is 0 Å². The third-order valence-electron chi connectivity index (χ3n) is 0.322. The first-order chi connectivity index (χ1) is 2.91. The normalized spacial score (nSPS) is 7.50. The SMILES string of the molecule is FCCNC=S. The number of halogens is 1. The standard InChI is InChI=1S/C3H6FNS/c4-1-2-5-3-6/h3H,1-2H2,(H,5,6). The molecule has 3 heteroatoms. The Balaban J connectivity index is 2.49. The molecule has 0 aromatic rings. The van der Waals surface area contributed by atoms with E-state index in [2.05, 4.69) is 17.5 Å². The van der Waals surface area contributed by atoms with Gasteiger partial charge in [-0.1, -0.05) is 12.2 Å². The lowest BCUT2D eigenvalue weighted by atomic mass is 10.7. The lowest BCUT2D eigenvalue weighted by Gasteiger charge is -1.86. The lowest BCUT2D eigenvalue weighted by molar-refractivity contribution is 0.493. The maximum absolute atomic E-state index is 11.1. The van der Waals surface area contributed by atoms with Crippen molar-refractivity contribution < 1.29 is 4.39 Å². The highest BCUT2D eigenvalue weighted by molar-refractivity contribution is 7.78. The minimum atomic E-state index is -0.354. The molecule has 0 unspecified atom stereocenters. The summed E-state index contributed by atoms with van der Waals surface area (Å²) in [5.41, 5.74) is 1.31. The van der Waals surface area contributed by atoms with Crippen molar-refractivity contribution in [2.75, 3.05) is 13.2 Å². The highest BCUT2D eigenvalue weighted by Crippen LogP contribution is 1.57. The molecule has 0 saturated carbocycles. The number of alkyl halides is 1. The van der Waals surface area contributed by atoms with Crippen LogP contribution in [0, 0.1) is 0 Å². The van der Waals surface area contributed by atoms with Crippen molar-refractivity contribution in [3.63, 3.8) is 0 Å². The summed E-state index contributed by atoms with van der Waals surface area (Å²) in [4.78, 5) is 0. The molecule has 1 nitrogen and oxygen atoms in total. The van der Waals surface area contributed by atoms with Gasteiger partial charge in [-0.25, -0.2) is 4.39 Å². The van der Waals surface area contributed by atoms with Crippen LogP contribution in [-0.4, -0.2) is 18.7 Å². The van der Waals surface area contributed by atoms with Gasteiger partial charge < -0.3 is 5.32 Å². The molecule has 0 rings (SSSR count). The zero-order chi connectivity index (χ0) is 4.83. The van der Waals surface area contributed by atoms with Crippen LogP contribution in [0.3, 0.4) is 0 Å². The predicted octanol–water partition coefficient (Wildman–Crippen LogP) is 0.503. The summed E-state index contributed by atoms with van der Waals surface area (Å²) in [6.07, 6.45) is 0. The van der Waals surface area contributed by atoms with Crippen molar-refractivity contribution in [2.45, 2.75) is 0 Å². The number of hydrogen-bond acceptors (Lipinski definition) is 1. The zero-order valence-corrected chi connectivity index (χ0v) is 4.09. The van der Waals surface area contributed by atoms with Gasteiger partial charge in [0.15, 0.2) is 0 Å². The number of hydrogen-bond donors (Lipinski definition) is 1. The van der Waals surface area contributed by atoms with Gasteiger partial charge in [0.05, 0.1) is 5.49 Å². The van der Waals surface area contributed by atoms with Gasteiger partial charge in [-0.3, -0.25) is 0 Å². The molecule has 0 heterocycles. The molecule has 0 saturated heterocycles. The van der Waals surface area contributed by atoms with Crippen molar-refractivity contribution in [3.05, 3.63) is 0 Å². The van der Waals surface area contributed by atoms with E-state index in [1.165, 1.54) is 5.49 Å². The summed E-state index contributed by atoms with van der Waals surface area (Å²) >= 11 is 4.31. The summed E-state index contributed by atoms with van der Waals surface area (Å²) in [6.45, 7) is -0.0172. The third-order valence-corrected chi connectivity index (χ3v) is 0.489. The van der Waals surface area contributed by atoms with E-state index < -0.39 is 0 Å². The number of rotatable bonds is 3. The Bertz CT molecular complexity index is 39.8. The molecule has 0 aliphatic carbocycles. The zero-order valence-electron chi connectivity index (χ0n) is 3.28. The maximum atomic E-state index is 11.1. The van der Waals surface area contributed by atoms with E-state index in [1.807, 2.05) is 0 Å². The molecule has 0 bridgehead atoms. The smallest absolute Gasteiger partial charge is 0.107 e. The molecule has 0 atom stereocenters. The first-order valence-electron chi connectivity index (χ1n) is 1.65. The van der Waals surface area contributed by atoms with Gasteiger partial charge in [-0.05, 0) is 0 Å². The molecule has 36 valence electrons. The van der Waals surface area contributed by atoms with Crippen molar-refractivity contribution in [2.24, 2.45) is 0 Å². The Morgan fingerprint density at radius 2 is 2.50 bits per heavy atom. The molecular formula is C3H6FNS. The van der Waals surface area contributed by atoms with Gasteiger partial charge in [-0.2, -0.15) is 0 Å². The Hall–Kier alpha value is -0.180. The van der Waals surface area contributed by atoms with Gasteiger partial charge >= 0.3 is 0 Å². The molecule has 0 spiro atoms. The fourth-order valence-corrected chi connectivity index (χ4v) is 0.231. The number of thiocarbonyl (C=S) groups is 1. The highest BCUT2D eigenvalue weighted by atomic mass is 32.1. The Morgan fingerprint density at radius 1 is 1.83 bits per heavy atom. The van der Waals surface area contributed by atoms with E-state index in [0.717, 1.165) is 0 Å². The largest absolute Gasteiger partial charge is 0.380 e. The summed E-state index contributed by atoms with van der Waals surface area (Å²) in [5.74, 6) is 0. The predicted molar refractivity (Wildman–Crippen MR) is 27.6 cm³/mol. The summed E-state index contributed by atoms with van der Waals surface area (Å²) in [5, 5.41) is 2.51. The first kappa shape index (κ1) is 5.82. The Morgan fingerprint density at radius 3 is 2.67 bits per heavy atom. The van der Waals surface area contributed by atoms with Crippen molar-refractivity contribution in [3.8, 4) is 0 Å². The minimum Gasteiger partial charge on any atom is -0.380 e. The molecule has 0 aliphatic heterocycles. The molecule has 0 aromatic carbocycles. The van der Waals surface area contributed by atoms with Crippen LogP contribution in [0.15, 0.2) is 0 Å². The van der Waals surface area contributed by atoms with Crippen LogP contribution in [0.2, 0.25) is 0 Å². The van der Waals surface area contributed by atoms with Crippen LogP contribution in [0.25, 0.3) is 0 Å². The van der Waals surface area contributed by atoms with E-state index in [-0.39, 0.29) is 6.67 Å². The first-order valence-corrected chi connectivity index (χ1v) is 2.12. The average molecular weight is 107 g/mol. The van der Waals surface area contributed by atoms with Crippen molar-refractivity contribution in [1.82, 2.24) is 5.32 Å². The summed E-state index contributed by atoms with van der Waals surface area (Å²) < 4.78 is 11.1. The van der Waals surface area contributed by atoms with E-state index in [1.54, 1.807) is 0 Å². The monoisotopic (exact) mass is 107 g/mol. The van der Waals surface area contributed by atoms with Crippen LogP contribution < -0.4 is 5.32 Å². The van der Waals surface area contributed by atoms with Crippen molar-refractivity contribution >= 4 is 17.7 Å². The maximum Gasteiger partial charge on any atom is 0.107 e. The fourth-order valence-electron chi connectivity index (χ4n) is 0.113. The van der Waals surface area contributed by atoms with Crippen LogP contribution in [-0.2, 0) is 0 Å². The van der Waals surface area contributed by atoms with Crippen LogP contribution in [0.4, 0.5) is 4.39 Å². The molecule has 1 N–H and O–H groups in total. The quantitative estimate of drug-likeness (QED) is 0.416. The summed E-state index contributed by atoms with van der Waals surface area (Å²) in [6, 6.07) is 0. The molecule has 0 fully saturated rings. The van der Waals surface area contributed by atoms with E-state index in [0.29, 0.717) is 6.54 Å².